The van der Waals surface area contributed by atoms with E-state index in [2.05, 4.69) is 12.2 Å². The zero-order chi connectivity index (χ0) is 52.3. The molecule has 0 unspecified atom stereocenters. The predicted molar refractivity (Wildman–Crippen MR) is 296 cm³/mol. The number of halogens is 1. The highest BCUT2D eigenvalue weighted by Gasteiger charge is 2.68. The molecule has 10 heteroatoms. The summed E-state index contributed by atoms with van der Waals surface area (Å²) in [5.74, 6) is -0.523. The Labute approximate surface area is 445 Å². The fourth-order valence-electron chi connectivity index (χ4n) is 12.4. The smallest absolute Gasteiger partial charge is 0.306 e. The maximum absolute atomic E-state index is 13.7. The van der Waals surface area contributed by atoms with Crippen LogP contribution < -0.4 is 5.32 Å². The summed E-state index contributed by atoms with van der Waals surface area (Å²) in [7, 11) is 0. The second-order valence-electron chi connectivity index (χ2n) is 23.8. The molecule has 1 amide bonds. The SMILES string of the molecule is CCCCCCCCCCCCCCC[C@@H](O)[C@H](CC[C@H]1O[C@H](COC(=O)CCc2ccccc2)[C@H](O)[C@H](O)[C@H]1O)NC(=O)CCCCCCCCCCCCCCCCCCCCCCCC12CC(F)(C1)C2. The minimum Gasteiger partial charge on any atom is -0.463 e. The summed E-state index contributed by atoms with van der Waals surface area (Å²) in [6.45, 7) is 2.00. The third-order valence-corrected chi connectivity index (χ3v) is 17.0. The number of rotatable bonds is 48. The summed E-state index contributed by atoms with van der Waals surface area (Å²) in [5.41, 5.74) is 0.727. The van der Waals surface area contributed by atoms with E-state index in [1.54, 1.807) is 0 Å². The van der Waals surface area contributed by atoms with E-state index in [4.69, 9.17) is 9.47 Å². The maximum Gasteiger partial charge on any atom is 0.306 e. The molecule has 5 rings (SSSR count). The zero-order valence-corrected chi connectivity index (χ0v) is 46.5. The van der Waals surface area contributed by atoms with Crippen molar-refractivity contribution < 1.29 is 43.9 Å². The van der Waals surface area contributed by atoms with Crippen molar-refractivity contribution in [3.8, 4) is 0 Å². The Morgan fingerprint density at radius 3 is 1.51 bits per heavy atom. The van der Waals surface area contributed by atoms with E-state index in [0.29, 0.717) is 31.1 Å². The highest BCUT2D eigenvalue weighted by atomic mass is 19.1. The standard InChI is InChI=1S/C63H110FNO8/c1-2-3-4-5-6-7-8-18-21-24-27-30-36-41-54(66)53(44-45-55-59(69)61(71)60(70)56(73-55)48-72-58(68)46-43-52-39-34-33-35-40-52)65-57(67)42-37-31-28-25-22-19-16-14-12-10-9-11-13-15-17-20-23-26-29-32-38-47-62-49-63(64,50-62)51-62/h33-35,39-40,53-56,59-61,66,69-71H,2-32,36-38,41-51H2,1H3,(H,65,67)/t53-,54+,55+,56+,59-,60-,61+,62?,63?/m0/s1. The van der Waals surface area contributed by atoms with Crippen LogP contribution >= 0.6 is 0 Å². The molecule has 0 radical (unpaired) electrons. The van der Waals surface area contributed by atoms with Gasteiger partial charge in [-0.05, 0) is 68.8 Å². The Morgan fingerprint density at radius 1 is 0.589 bits per heavy atom. The van der Waals surface area contributed by atoms with Crippen molar-refractivity contribution in [1.29, 1.82) is 0 Å². The fourth-order valence-corrected chi connectivity index (χ4v) is 12.4. The molecule has 1 aliphatic heterocycles. The van der Waals surface area contributed by atoms with E-state index >= 15 is 0 Å². The number of carbonyl (C=O) groups excluding carboxylic acids is 2. The van der Waals surface area contributed by atoms with Crippen molar-refractivity contribution in [2.75, 3.05) is 6.61 Å². The summed E-state index contributed by atoms with van der Waals surface area (Å²) in [6, 6.07) is 9.09. The number of aliphatic hydroxyl groups is 4. The summed E-state index contributed by atoms with van der Waals surface area (Å²) in [6.07, 6.45) is 42.4. The molecule has 2 bridgehead atoms. The molecule has 0 spiro atoms. The molecule has 422 valence electrons. The van der Waals surface area contributed by atoms with Crippen LogP contribution in [0.4, 0.5) is 4.39 Å². The highest BCUT2D eigenvalue weighted by molar-refractivity contribution is 5.76. The number of benzene rings is 1. The van der Waals surface area contributed by atoms with E-state index in [1.165, 1.54) is 186 Å². The molecule has 9 nitrogen and oxygen atoms in total. The molecule has 1 heterocycles. The van der Waals surface area contributed by atoms with E-state index < -0.39 is 54.3 Å². The summed E-state index contributed by atoms with van der Waals surface area (Å²) in [4.78, 5) is 25.9. The molecule has 4 aliphatic rings. The molecule has 1 aromatic rings. The van der Waals surface area contributed by atoms with Crippen LogP contribution in [-0.4, -0.2) is 87.2 Å². The Kier molecular flexibility index (Phi) is 33.4. The normalized spacial score (nSPS) is 24.2. The Bertz CT molecular complexity index is 1510. The van der Waals surface area contributed by atoms with Crippen molar-refractivity contribution in [1.82, 2.24) is 5.32 Å². The van der Waals surface area contributed by atoms with Crippen LogP contribution in [0.1, 0.15) is 289 Å². The van der Waals surface area contributed by atoms with Gasteiger partial charge >= 0.3 is 5.97 Å². The van der Waals surface area contributed by atoms with Crippen LogP contribution in [0, 0.1) is 5.41 Å². The molecule has 1 saturated heterocycles. The molecule has 0 aromatic heterocycles. The Hall–Kier alpha value is -2.11. The summed E-state index contributed by atoms with van der Waals surface area (Å²) >= 11 is 0. The van der Waals surface area contributed by atoms with Gasteiger partial charge < -0.3 is 35.2 Å². The average Bonchev–Trinajstić information content (AvgIpc) is 3.37. The number of hydrogen-bond donors (Lipinski definition) is 5. The van der Waals surface area contributed by atoms with E-state index in [-0.39, 0.29) is 25.4 Å². The van der Waals surface area contributed by atoms with Gasteiger partial charge in [-0.25, -0.2) is 4.39 Å². The van der Waals surface area contributed by atoms with Crippen LogP contribution in [0.3, 0.4) is 0 Å². The summed E-state index contributed by atoms with van der Waals surface area (Å²) in [5, 5.41) is 47.0. The number of esters is 1. The molecular weight excluding hydrogens is 918 g/mol. The first kappa shape index (κ1) is 63.4. The van der Waals surface area contributed by atoms with Crippen molar-refractivity contribution in [3.63, 3.8) is 0 Å². The number of alkyl halides is 1. The predicted octanol–water partition coefficient (Wildman–Crippen LogP) is 15.0. The van der Waals surface area contributed by atoms with Gasteiger partial charge in [0.15, 0.2) is 0 Å². The lowest BCUT2D eigenvalue weighted by molar-refractivity contribution is -0.233. The number of ether oxygens (including phenoxy) is 2. The van der Waals surface area contributed by atoms with Gasteiger partial charge in [-0.3, -0.25) is 9.59 Å². The van der Waals surface area contributed by atoms with Crippen LogP contribution in [-0.2, 0) is 25.5 Å². The van der Waals surface area contributed by atoms with Crippen LogP contribution in [0.5, 0.6) is 0 Å². The van der Waals surface area contributed by atoms with Crippen molar-refractivity contribution in [2.45, 2.75) is 338 Å². The molecular formula is C63H110FNO8. The molecule has 1 aromatic carbocycles. The van der Waals surface area contributed by atoms with Gasteiger partial charge in [0.2, 0.25) is 5.91 Å². The third-order valence-electron chi connectivity index (χ3n) is 17.0. The monoisotopic (exact) mass is 1030 g/mol. The van der Waals surface area contributed by atoms with E-state index in [1.807, 2.05) is 30.3 Å². The van der Waals surface area contributed by atoms with Crippen LogP contribution in [0.25, 0.3) is 0 Å². The zero-order valence-electron chi connectivity index (χ0n) is 46.5. The second-order valence-corrected chi connectivity index (χ2v) is 23.8. The molecule has 3 saturated carbocycles. The molecule has 5 N–H and O–H groups in total. The number of aryl methyl sites for hydroxylation is 1. The van der Waals surface area contributed by atoms with Gasteiger partial charge in [0.25, 0.3) is 0 Å². The minimum absolute atomic E-state index is 0.0811. The lowest BCUT2D eigenvalue weighted by Crippen LogP contribution is -2.64. The number of aliphatic hydroxyl groups excluding tert-OH is 4. The number of nitrogens with one attached hydrogen (secondary N) is 1. The number of carbonyl (C=O) groups is 2. The number of amides is 1. The van der Waals surface area contributed by atoms with Gasteiger partial charge in [0.1, 0.15) is 36.7 Å². The van der Waals surface area contributed by atoms with Crippen molar-refractivity contribution in [2.24, 2.45) is 5.41 Å². The maximum atomic E-state index is 13.7. The first-order valence-electron chi connectivity index (χ1n) is 31.1. The molecule has 7 atom stereocenters. The van der Waals surface area contributed by atoms with Gasteiger partial charge in [-0.2, -0.15) is 0 Å². The lowest BCUT2D eigenvalue weighted by atomic mass is 9.41. The molecule has 4 fully saturated rings. The third kappa shape index (κ3) is 27.2. The lowest BCUT2D eigenvalue weighted by Gasteiger charge is -2.66. The van der Waals surface area contributed by atoms with Crippen molar-refractivity contribution >= 4 is 11.9 Å². The van der Waals surface area contributed by atoms with Gasteiger partial charge in [0.05, 0.1) is 18.2 Å². The first-order chi connectivity index (χ1) is 35.5. The quantitative estimate of drug-likeness (QED) is 0.0320. The van der Waals surface area contributed by atoms with Crippen molar-refractivity contribution in [3.05, 3.63) is 35.9 Å². The largest absolute Gasteiger partial charge is 0.463 e. The van der Waals surface area contributed by atoms with Crippen LogP contribution in [0.2, 0.25) is 0 Å². The number of hydrogen-bond acceptors (Lipinski definition) is 8. The van der Waals surface area contributed by atoms with Crippen LogP contribution in [0.15, 0.2) is 30.3 Å². The Balaban J connectivity index is 1.03. The number of unbranched alkanes of at least 4 members (excludes halogenated alkanes) is 32. The fraction of sp³-hybridized carbons (Fsp3) is 0.873. The van der Waals surface area contributed by atoms with E-state index in [9.17, 15) is 34.4 Å². The van der Waals surface area contributed by atoms with Gasteiger partial charge in [0, 0.05) is 12.8 Å². The van der Waals surface area contributed by atoms with Gasteiger partial charge in [-0.15, -0.1) is 0 Å². The minimum atomic E-state index is -1.49. The first-order valence-corrected chi connectivity index (χ1v) is 31.1. The highest BCUT2D eigenvalue weighted by Crippen LogP contribution is 2.71. The average molecular weight is 1030 g/mol. The Morgan fingerprint density at radius 2 is 1.03 bits per heavy atom. The molecule has 73 heavy (non-hydrogen) atoms. The second kappa shape index (κ2) is 38.4. The van der Waals surface area contributed by atoms with Gasteiger partial charge in [-0.1, -0.05) is 249 Å². The molecule has 3 aliphatic carbocycles. The van der Waals surface area contributed by atoms with E-state index in [0.717, 1.165) is 63.4 Å². The summed E-state index contributed by atoms with van der Waals surface area (Å²) < 4.78 is 25.2. The topological polar surface area (TPSA) is 146 Å².